The van der Waals surface area contributed by atoms with Crippen molar-refractivity contribution in [2.45, 2.75) is 44.9 Å². The standard InChI is InChI=1S/C18H25NO3/c1-14(22-13-15-5-3-2-4-6-15)18(20)19(17-7-8-17)11-16-9-10-21-12-16/h2-6,14,16-17H,7-13H2,1H3/t14-,16+/m1/s1. The smallest absolute Gasteiger partial charge is 0.251 e. The highest BCUT2D eigenvalue weighted by Crippen LogP contribution is 2.30. The van der Waals surface area contributed by atoms with Crippen molar-refractivity contribution in [1.29, 1.82) is 0 Å². The fourth-order valence-electron chi connectivity index (χ4n) is 2.91. The molecule has 1 aliphatic heterocycles. The molecular formula is C18H25NO3. The van der Waals surface area contributed by atoms with E-state index in [1.165, 1.54) is 0 Å². The molecule has 120 valence electrons. The lowest BCUT2D eigenvalue weighted by molar-refractivity contribution is -0.144. The molecule has 1 aromatic rings. The van der Waals surface area contributed by atoms with Gasteiger partial charge in [-0.1, -0.05) is 30.3 Å². The van der Waals surface area contributed by atoms with Crippen molar-refractivity contribution in [2.75, 3.05) is 19.8 Å². The van der Waals surface area contributed by atoms with Crippen molar-refractivity contribution in [3.05, 3.63) is 35.9 Å². The molecule has 1 saturated carbocycles. The summed E-state index contributed by atoms with van der Waals surface area (Å²) in [6.07, 6.45) is 2.94. The zero-order valence-corrected chi connectivity index (χ0v) is 13.2. The number of hydrogen-bond acceptors (Lipinski definition) is 3. The van der Waals surface area contributed by atoms with Crippen LogP contribution in [0.25, 0.3) is 0 Å². The second-order valence-corrected chi connectivity index (χ2v) is 6.39. The Hall–Kier alpha value is -1.39. The summed E-state index contributed by atoms with van der Waals surface area (Å²) in [6.45, 7) is 4.79. The number of carbonyl (C=O) groups excluding carboxylic acids is 1. The van der Waals surface area contributed by atoms with Crippen LogP contribution in [0.15, 0.2) is 30.3 Å². The molecule has 0 unspecified atom stereocenters. The molecule has 22 heavy (non-hydrogen) atoms. The van der Waals surface area contributed by atoms with Gasteiger partial charge in [-0.05, 0) is 31.7 Å². The number of carbonyl (C=O) groups is 1. The summed E-state index contributed by atoms with van der Waals surface area (Å²) >= 11 is 0. The number of ether oxygens (including phenoxy) is 2. The average molecular weight is 303 g/mol. The SMILES string of the molecule is C[C@@H](OCc1ccccc1)C(=O)N(C[C@@H]1CCOC1)C1CC1. The number of amides is 1. The van der Waals surface area contributed by atoms with Crippen LogP contribution in [0.5, 0.6) is 0 Å². The molecular weight excluding hydrogens is 278 g/mol. The van der Waals surface area contributed by atoms with Gasteiger partial charge in [-0.2, -0.15) is 0 Å². The monoisotopic (exact) mass is 303 g/mol. The largest absolute Gasteiger partial charge is 0.381 e. The highest BCUT2D eigenvalue weighted by atomic mass is 16.5. The predicted octanol–water partition coefficient (Wildman–Crippen LogP) is 2.62. The first-order chi connectivity index (χ1) is 10.7. The third kappa shape index (κ3) is 4.08. The maximum atomic E-state index is 12.7. The molecule has 2 atom stereocenters. The fourth-order valence-corrected chi connectivity index (χ4v) is 2.91. The summed E-state index contributed by atoms with van der Waals surface area (Å²) in [5.74, 6) is 0.621. The van der Waals surface area contributed by atoms with Crippen LogP contribution < -0.4 is 0 Å². The topological polar surface area (TPSA) is 38.8 Å². The van der Waals surface area contributed by atoms with Crippen molar-refractivity contribution in [3.8, 4) is 0 Å². The van der Waals surface area contributed by atoms with E-state index in [4.69, 9.17) is 9.47 Å². The minimum absolute atomic E-state index is 0.130. The lowest BCUT2D eigenvalue weighted by atomic mass is 10.1. The van der Waals surface area contributed by atoms with Crippen LogP contribution in [0.3, 0.4) is 0 Å². The van der Waals surface area contributed by atoms with E-state index in [0.717, 1.165) is 44.6 Å². The van der Waals surface area contributed by atoms with Crippen LogP contribution in [-0.2, 0) is 20.9 Å². The van der Waals surface area contributed by atoms with Gasteiger partial charge in [-0.15, -0.1) is 0 Å². The molecule has 0 radical (unpaired) electrons. The molecule has 1 aliphatic carbocycles. The van der Waals surface area contributed by atoms with E-state index in [1.807, 2.05) is 42.2 Å². The van der Waals surface area contributed by atoms with Crippen molar-refractivity contribution in [1.82, 2.24) is 4.90 Å². The second kappa shape index (κ2) is 7.25. The normalized spacial score (nSPS) is 22.5. The second-order valence-electron chi connectivity index (χ2n) is 6.39. The van der Waals surface area contributed by atoms with Crippen molar-refractivity contribution in [3.63, 3.8) is 0 Å². The van der Waals surface area contributed by atoms with Crippen LogP contribution in [0.2, 0.25) is 0 Å². The molecule has 0 aromatic heterocycles. The van der Waals surface area contributed by atoms with Gasteiger partial charge in [0.15, 0.2) is 0 Å². The maximum absolute atomic E-state index is 12.7. The molecule has 1 heterocycles. The van der Waals surface area contributed by atoms with E-state index in [2.05, 4.69) is 0 Å². The molecule has 0 spiro atoms. The molecule has 3 rings (SSSR count). The van der Waals surface area contributed by atoms with E-state index in [9.17, 15) is 4.79 Å². The summed E-state index contributed by atoms with van der Waals surface area (Å²) in [5, 5.41) is 0. The average Bonchev–Trinajstić information content (AvgIpc) is 3.27. The van der Waals surface area contributed by atoms with E-state index >= 15 is 0 Å². The Morgan fingerprint density at radius 2 is 2.09 bits per heavy atom. The first-order valence-electron chi connectivity index (χ1n) is 8.28. The summed E-state index contributed by atoms with van der Waals surface area (Å²) < 4.78 is 11.2. The number of benzene rings is 1. The summed E-state index contributed by atoms with van der Waals surface area (Å²) in [5.41, 5.74) is 1.10. The van der Waals surface area contributed by atoms with E-state index < -0.39 is 0 Å². The molecule has 2 aliphatic rings. The van der Waals surface area contributed by atoms with Gasteiger partial charge in [0.25, 0.3) is 5.91 Å². The Morgan fingerprint density at radius 3 is 2.73 bits per heavy atom. The van der Waals surface area contributed by atoms with Crippen molar-refractivity contribution < 1.29 is 14.3 Å². The number of nitrogens with zero attached hydrogens (tertiary/aromatic N) is 1. The van der Waals surface area contributed by atoms with Crippen LogP contribution in [-0.4, -0.2) is 42.7 Å². The minimum Gasteiger partial charge on any atom is -0.381 e. The first-order valence-corrected chi connectivity index (χ1v) is 8.28. The third-order valence-electron chi connectivity index (χ3n) is 4.44. The highest BCUT2D eigenvalue weighted by molar-refractivity contribution is 5.81. The van der Waals surface area contributed by atoms with Crippen LogP contribution in [0.4, 0.5) is 0 Å². The van der Waals surface area contributed by atoms with Crippen LogP contribution >= 0.6 is 0 Å². The Kier molecular flexibility index (Phi) is 5.11. The lowest BCUT2D eigenvalue weighted by Gasteiger charge is -2.28. The molecule has 2 fully saturated rings. The summed E-state index contributed by atoms with van der Waals surface area (Å²) in [6, 6.07) is 10.4. The van der Waals surface area contributed by atoms with Gasteiger partial charge in [0.1, 0.15) is 6.10 Å². The first kappa shape index (κ1) is 15.5. The molecule has 1 amide bonds. The van der Waals surface area contributed by atoms with E-state index in [1.54, 1.807) is 0 Å². The molecule has 4 nitrogen and oxygen atoms in total. The van der Waals surface area contributed by atoms with E-state index in [0.29, 0.717) is 18.6 Å². The Morgan fingerprint density at radius 1 is 1.32 bits per heavy atom. The Balaban J connectivity index is 1.52. The third-order valence-corrected chi connectivity index (χ3v) is 4.44. The Labute approximate surface area is 132 Å². The molecule has 0 N–H and O–H groups in total. The van der Waals surface area contributed by atoms with Crippen molar-refractivity contribution >= 4 is 5.91 Å². The maximum Gasteiger partial charge on any atom is 0.251 e. The number of rotatable bonds is 7. The zero-order chi connectivity index (χ0) is 15.4. The molecule has 1 aromatic carbocycles. The van der Waals surface area contributed by atoms with Gasteiger partial charge in [0.05, 0.1) is 13.2 Å². The molecule has 1 saturated heterocycles. The van der Waals surface area contributed by atoms with Crippen LogP contribution in [0.1, 0.15) is 31.7 Å². The van der Waals surface area contributed by atoms with Crippen LogP contribution in [0, 0.1) is 5.92 Å². The molecule has 4 heteroatoms. The van der Waals surface area contributed by atoms with Gasteiger partial charge in [0.2, 0.25) is 0 Å². The van der Waals surface area contributed by atoms with E-state index in [-0.39, 0.29) is 12.0 Å². The minimum atomic E-state index is -0.386. The highest BCUT2D eigenvalue weighted by Gasteiger charge is 2.36. The van der Waals surface area contributed by atoms with Crippen molar-refractivity contribution in [2.24, 2.45) is 5.92 Å². The molecule has 0 bridgehead atoms. The van der Waals surface area contributed by atoms with Gasteiger partial charge in [-0.25, -0.2) is 0 Å². The lowest BCUT2D eigenvalue weighted by Crippen LogP contribution is -2.43. The van der Waals surface area contributed by atoms with Gasteiger partial charge in [0, 0.05) is 25.1 Å². The Bertz CT molecular complexity index is 480. The predicted molar refractivity (Wildman–Crippen MR) is 84.4 cm³/mol. The van der Waals surface area contributed by atoms with Gasteiger partial charge in [-0.3, -0.25) is 4.79 Å². The fraction of sp³-hybridized carbons (Fsp3) is 0.611. The summed E-state index contributed by atoms with van der Waals surface area (Å²) in [4.78, 5) is 14.7. The van der Waals surface area contributed by atoms with Gasteiger partial charge < -0.3 is 14.4 Å². The zero-order valence-electron chi connectivity index (χ0n) is 13.2. The van der Waals surface area contributed by atoms with Gasteiger partial charge >= 0.3 is 0 Å². The number of hydrogen-bond donors (Lipinski definition) is 0. The summed E-state index contributed by atoms with van der Waals surface area (Å²) in [7, 11) is 0. The quantitative estimate of drug-likeness (QED) is 0.777.